The van der Waals surface area contributed by atoms with E-state index in [0.717, 1.165) is 44.2 Å². The molecule has 0 unspecified atom stereocenters. The second kappa shape index (κ2) is 8.62. The number of benzene rings is 1. The molecule has 1 aliphatic heterocycles. The second-order valence-corrected chi connectivity index (χ2v) is 6.93. The van der Waals surface area contributed by atoms with Crippen molar-refractivity contribution in [1.29, 1.82) is 0 Å². The average molecular weight is 363 g/mol. The Kier molecular flexibility index (Phi) is 6.25. The molecule has 1 aromatic carbocycles. The number of hydrogen-bond acceptors (Lipinski definition) is 5. The summed E-state index contributed by atoms with van der Waals surface area (Å²) in [6.07, 6.45) is 4.68. The Morgan fingerprint density at radius 1 is 1.04 bits per heavy atom. The third-order valence-electron chi connectivity index (χ3n) is 5.21. The molecule has 3 rings (SSSR count). The van der Waals surface area contributed by atoms with Crippen LogP contribution < -0.4 is 14.2 Å². The van der Waals surface area contributed by atoms with Gasteiger partial charge in [0.15, 0.2) is 11.5 Å². The predicted octanol–water partition coefficient (Wildman–Crippen LogP) is 2.67. The molecule has 1 saturated carbocycles. The predicted molar refractivity (Wildman–Crippen MR) is 98.1 cm³/mol. The Morgan fingerprint density at radius 2 is 1.65 bits per heavy atom. The molecule has 26 heavy (non-hydrogen) atoms. The number of methoxy groups -OCH3 is 3. The molecular weight excluding hydrogens is 334 g/mol. The monoisotopic (exact) mass is 363 g/mol. The maximum absolute atomic E-state index is 12.9. The summed E-state index contributed by atoms with van der Waals surface area (Å²) in [4.78, 5) is 15.0. The van der Waals surface area contributed by atoms with Gasteiger partial charge in [0.1, 0.15) is 0 Å². The average Bonchev–Trinajstić information content (AvgIpc) is 3.52. The minimum atomic E-state index is 0.115. The van der Waals surface area contributed by atoms with Crippen molar-refractivity contribution in [2.75, 3.05) is 41.1 Å². The molecule has 0 radical (unpaired) electrons. The number of amides is 1. The Hall–Kier alpha value is -1.95. The maximum Gasteiger partial charge on any atom is 0.226 e. The van der Waals surface area contributed by atoms with Crippen molar-refractivity contribution in [2.24, 2.45) is 5.92 Å². The number of ether oxygens (including phenoxy) is 4. The molecule has 1 saturated heterocycles. The lowest BCUT2D eigenvalue weighted by Crippen LogP contribution is -2.41. The lowest BCUT2D eigenvalue weighted by molar-refractivity contribution is -0.139. The molecule has 1 aromatic rings. The van der Waals surface area contributed by atoms with Crippen LogP contribution in [-0.2, 0) is 16.0 Å². The van der Waals surface area contributed by atoms with Crippen molar-refractivity contribution in [3.63, 3.8) is 0 Å². The highest BCUT2D eigenvalue weighted by molar-refractivity contribution is 5.79. The van der Waals surface area contributed by atoms with Crippen LogP contribution in [0.1, 0.15) is 31.2 Å². The van der Waals surface area contributed by atoms with Crippen LogP contribution in [0.2, 0.25) is 0 Å². The highest BCUT2D eigenvalue weighted by atomic mass is 16.5. The summed E-state index contributed by atoms with van der Waals surface area (Å²) in [6, 6.07) is 4.34. The molecule has 1 amide bonds. The van der Waals surface area contributed by atoms with E-state index in [0.29, 0.717) is 42.4 Å². The molecule has 0 bridgehead atoms. The molecule has 6 heteroatoms. The summed E-state index contributed by atoms with van der Waals surface area (Å²) in [6.45, 7) is 2.11. The van der Waals surface area contributed by atoms with Crippen molar-refractivity contribution in [3.8, 4) is 17.2 Å². The van der Waals surface area contributed by atoms with E-state index in [-0.39, 0.29) is 5.92 Å². The van der Waals surface area contributed by atoms with Gasteiger partial charge in [-0.15, -0.1) is 0 Å². The van der Waals surface area contributed by atoms with E-state index in [1.165, 1.54) is 0 Å². The van der Waals surface area contributed by atoms with Gasteiger partial charge in [-0.2, -0.15) is 0 Å². The van der Waals surface area contributed by atoms with Gasteiger partial charge in [-0.25, -0.2) is 0 Å². The third-order valence-corrected chi connectivity index (χ3v) is 5.21. The summed E-state index contributed by atoms with van der Waals surface area (Å²) in [5.41, 5.74) is 1.07. The molecule has 2 fully saturated rings. The van der Waals surface area contributed by atoms with E-state index in [1.807, 2.05) is 12.1 Å². The van der Waals surface area contributed by atoms with E-state index < -0.39 is 0 Å². The fourth-order valence-corrected chi connectivity index (χ4v) is 3.57. The van der Waals surface area contributed by atoms with Crippen LogP contribution in [-0.4, -0.2) is 57.9 Å². The number of carbonyl (C=O) groups excluding carboxylic acids is 1. The standard InChI is InChI=1S/C20H29NO5/c1-23-17-12-14(13-18(24-2)19(17)25-3)6-9-21(16-4-5-16)20(22)15-7-10-26-11-8-15/h12-13,15-16H,4-11H2,1-3H3. The Morgan fingerprint density at radius 3 is 2.15 bits per heavy atom. The van der Waals surface area contributed by atoms with Gasteiger partial charge in [-0.05, 0) is 49.8 Å². The summed E-state index contributed by atoms with van der Waals surface area (Å²) in [7, 11) is 4.83. The molecule has 144 valence electrons. The van der Waals surface area contributed by atoms with Gasteiger partial charge >= 0.3 is 0 Å². The first-order valence-corrected chi connectivity index (χ1v) is 9.35. The van der Waals surface area contributed by atoms with Crippen molar-refractivity contribution < 1.29 is 23.7 Å². The van der Waals surface area contributed by atoms with E-state index in [9.17, 15) is 4.79 Å². The van der Waals surface area contributed by atoms with Crippen LogP contribution in [0.25, 0.3) is 0 Å². The zero-order chi connectivity index (χ0) is 18.5. The number of rotatable bonds is 8. The van der Waals surface area contributed by atoms with Gasteiger partial charge in [-0.1, -0.05) is 0 Å². The van der Waals surface area contributed by atoms with Crippen molar-refractivity contribution in [3.05, 3.63) is 17.7 Å². The van der Waals surface area contributed by atoms with Crippen LogP contribution in [0.3, 0.4) is 0 Å². The Balaban J connectivity index is 1.70. The molecule has 0 spiro atoms. The molecule has 2 aliphatic rings. The van der Waals surface area contributed by atoms with E-state index >= 15 is 0 Å². The molecular formula is C20H29NO5. The van der Waals surface area contributed by atoms with Gasteiger partial charge < -0.3 is 23.8 Å². The topological polar surface area (TPSA) is 57.2 Å². The van der Waals surface area contributed by atoms with Crippen LogP contribution in [0.15, 0.2) is 12.1 Å². The molecule has 0 N–H and O–H groups in total. The van der Waals surface area contributed by atoms with Crippen LogP contribution >= 0.6 is 0 Å². The zero-order valence-electron chi connectivity index (χ0n) is 16.0. The van der Waals surface area contributed by atoms with Crippen LogP contribution in [0, 0.1) is 5.92 Å². The Labute approximate surface area is 155 Å². The van der Waals surface area contributed by atoms with Crippen molar-refractivity contribution in [1.82, 2.24) is 4.90 Å². The van der Waals surface area contributed by atoms with Gasteiger partial charge in [0.05, 0.1) is 21.3 Å². The van der Waals surface area contributed by atoms with Gasteiger partial charge in [0, 0.05) is 31.7 Å². The highest BCUT2D eigenvalue weighted by Crippen LogP contribution is 2.38. The first-order chi connectivity index (χ1) is 12.7. The highest BCUT2D eigenvalue weighted by Gasteiger charge is 2.36. The quantitative estimate of drug-likeness (QED) is 0.711. The second-order valence-electron chi connectivity index (χ2n) is 6.93. The summed E-state index contributed by atoms with van der Waals surface area (Å²) < 4.78 is 21.6. The molecule has 1 aliphatic carbocycles. The number of hydrogen-bond donors (Lipinski definition) is 0. The fourth-order valence-electron chi connectivity index (χ4n) is 3.57. The number of nitrogens with zero attached hydrogens (tertiary/aromatic N) is 1. The first-order valence-electron chi connectivity index (χ1n) is 9.35. The molecule has 6 nitrogen and oxygen atoms in total. The smallest absolute Gasteiger partial charge is 0.226 e. The first kappa shape index (κ1) is 18.8. The maximum atomic E-state index is 12.9. The largest absolute Gasteiger partial charge is 0.493 e. The fraction of sp³-hybridized carbons (Fsp3) is 0.650. The minimum absolute atomic E-state index is 0.115. The SMILES string of the molecule is COc1cc(CCN(C(=O)C2CCOCC2)C2CC2)cc(OC)c1OC. The summed E-state index contributed by atoms with van der Waals surface area (Å²) in [5, 5.41) is 0. The van der Waals surface area contributed by atoms with Crippen molar-refractivity contribution >= 4 is 5.91 Å². The zero-order valence-corrected chi connectivity index (χ0v) is 16.0. The van der Waals surface area contributed by atoms with Gasteiger partial charge in [0.25, 0.3) is 0 Å². The van der Waals surface area contributed by atoms with Crippen molar-refractivity contribution in [2.45, 2.75) is 38.1 Å². The van der Waals surface area contributed by atoms with Gasteiger partial charge in [-0.3, -0.25) is 4.79 Å². The Bertz CT molecular complexity index is 598. The van der Waals surface area contributed by atoms with E-state index in [4.69, 9.17) is 18.9 Å². The summed E-state index contributed by atoms with van der Waals surface area (Å²) >= 11 is 0. The molecule has 1 heterocycles. The van der Waals surface area contributed by atoms with E-state index in [2.05, 4.69) is 4.90 Å². The lowest BCUT2D eigenvalue weighted by atomic mass is 9.98. The third kappa shape index (κ3) is 4.23. The normalized spacial score (nSPS) is 17.7. The lowest BCUT2D eigenvalue weighted by Gasteiger charge is -2.29. The molecule has 0 atom stereocenters. The number of carbonyl (C=O) groups is 1. The summed E-state index contributed by atoms with van der Waals surface area (Å²) in [5.74, 6) is 2.30. The van der Waals surface area contributed by atoms with Crippen LogP contribution in [0.5, 0.6) is 17.2 Å². The van der Waals surface area contributed by atoms with Gasteiger partial charge in [0.2, 0.25) is 11.7 Å². The van der Waals surface area contributed by atoms with E-state index in [1.54, 1.807) is 21.3 Å². The van der Waals surface area contributed by atoms with Crippen LogP contribution in [0.4, 0.5) is 0 Å². The molecule has 0 aromatic heterocycles. The minimum Gasteiger partial charge on any atom is -0.493 e.